The van der Waals surface area contributed by atoms with E-state index in [9.17, 15) is 17.3 Å². The molecule has 0 spiro atoms. The van der Waals surface area contributed by atoms with E-state index in [2.05, 4.69) is 40.0 Å². The monoisotopic (exact) mass is 464 g/mol. The summed E-state index contributed by atoms with van der Waals surface area (Å²) in [6, 6.07) is 16.3. The van der Waals surface area contributed by atoms with Crippen LogP contribution < -0.4 is 10.6 Å². The quantitative estimate of drug-likeness (QED) is 0.355. The van der Waals surface area contributed by atoms with Crippen molar-refractivity contribution in [2.24, 2.45) is 4.99 Å². The Morgan fingerprint density at radius 3 is 2.17 bits per heavy atom. The number of aliphatic imine (C=N–C) groups is 1. The molecule has 2 aromatic rings. The van der Waals surface area contributed by atoms with Crippen LogP contribution >= 0.6 is 0 Å². The van der Waals surface area contributed by atoms with Crippen LogP contribution in [0.15, 0.2) is 65.3 Å². The summed E-state index contributed by atoms with van der Waals surface area (Å²) in [5.41, 5.74) is 5.15. The molecular weight excluding hydrogens is 442 g/mol. The van der Waals surface area contributed by atoms with Crippen LogP contribution in [0.25, 0.3) is 5.32 Å². The van der Waals surface area contributed by atoms with E-state index >= 15 is 0 Å². The summed E-state index contributed by atoms with van der Waals surface area (Å²) in [6.07, 6.45) is 5.72. The van der Waals surface area contributed by atoms with E-state index in [1.165, 1.54) is 0 Å². The summed E-state index contributed by atoms with van der Waals surface area (Å²) in [6.45, 7) is 3.91. The van der Waals surface area contributed by atoms with Gasteiger partial charge in [0.25, 0.3) is 0 Å². The normalized spacial score (nSPS) is 15.6. The molecule has 10 heteroatoms. The number of rotatable bonds is 1. The molecule has 30 heavy (non-hydrogen) atoms. The number of nitrogens with one attached hydrogen (secondary N) is 2. The molecule has 0 saturated carbocycles. The third-order valence-electron chi connectivity index (χ3n) is 3.94. The van der Waals surface area contributed by atoms with Gasteiger partial charge < -0.3 is 33.2 Å². The van der Waals surface area contributed by atoms with E-state index in [1.54, 1.807) is 0 Å². The smallest absolute Gasteiger partial charge is 0.662 e. The molecule has 4 nitrogen and oxygen atoms in total. The van der Waals surface area contributed by atoms with Gasteiger partial charge in [-0.1, -0.05) is 42.8 Å². The zero-order chi connectivity index (χ0) is 21.1. The summed E-state index contributed by atoms with van der Waals surface area (Å²) in [4.78, 5) is 4.65. The van der Waals surface area contributed by atoms with Crippen molar-refractivity contribution in [1.29, 1.82) is 0 Å². The Labute approximate surface area is 184 Å². The Morgan fingerprint density at radius 1 is 0.933 bits per heavy atom. The fourth-order valence-corrected chi connectivity index (χ4v) is 2.53. The number of anilines is 2. The number of allylic oxidation sites excluding steroid dienone is 1. The molecule has 0 atom stereocenters. The largest absolute Gasteiger partial charge is 2.00 e. The fourth-order valence-electron chi connectivity index (χ4n) is 2.53. The summed E-state index contributed by atoms with van der Waals surface area (Å²) in [7, 11) is -6.00. The molecule has 0 fully saturated rings. The minimum Gasteiger partial charge on any atom is -0.662 e. The second-order valence-corrected chi connectivity index (χ2v) is 6.18. The summed E-state index contributed by atoms with van der Waals surface area (Å²) in [5, 5.41) is 11.6. The van der Waals surface area contributed by atoms with Gasteiger partial charge >= 0.3 is 23.7 Å². The Morgan fingerprint density at radius 2 is 1.50 bits per heavy atom. The molecule has 0 bridgehead atoms. The molecule has 0 aliphatic carbocycles. The number of para-hydroxylation sites is 4. The van der Waals surface area contributed by atoms with Gasteiger partial charge in [0.1, 0.15) is 0 Å². The van der Waals surface area contributed by atoms with Gasteiger partial charge in [-0.15, -0.1) is 5.69 Å². The van der Waals surface area contributed by atoms with Gasteiger partial charge in [-0.3, -0.25) is 4.99 Å². The average molecular weight is 465 g/mol. The van der Waals surface area contributed by atoms with Gasteiger partial charge in [0.2, 0.25) is 0 Å². The van der Waals surface area contributed by atoms with Crippen molar-refractivity contribution in [2.75, 3.05) is 23.7 Å². The van der Waals surface area contributed by atoms with Crippen LogP contribution in [-0.2, 0) is 16.5 Å². The third-order valence-corrected chi connectivity index (χ3v) is 3.94. The first-order chi connectivity index (χ1) is 13.9. The minimum absolute atomic E-state index is 0. The molecule has 1 aliphatic rings. The first kappa shape index (κ1) is 25.6. The van der Waals surface area contributed by atoms with Crippen molar-refractivity contribution in [3.63, 3.8) is 0 Å². The van der Waals surface area contributed by atoms with E-state index in [-0.39, 0.29) is 16.5 Å². The van der Waals surface area contributed by atoms with Crippen molar-refractivity contribution >= 4 is 36.2 Å². The zero-order valence-electron chi connectivity index (χ0n) is 16.4. The number of fused-ring (bicyclic) bond motifs is 2. The van der Waals surface area contributed by atoms with Crippen molar-refractivity contribution in [1.82, 2.24) is 0 Å². The number of hydrogen-bond acceptors (Lipinski definition) is 3. The maximum atomic E-state index is 9.75. The first-order valence-corrected chi connectivity index (χ1v) is 9.34. The molecule has 2 aromatic carbocycles. The van der Waals surface area contributed by atoms with Crippen molar-refractivity contribution in [3.05, 3.63) is 65.6 Å². The zero-order valence-corrected chi connectivity index (χ0v) is 17.4. The van der Waals surface area contributed by atoms with Crippen LogP contribution in [0.3, 0.4) is 0 Å². The van der Waals surface area contributed by atoms with Crippen LogP contribution in [0.4, 0.5) is 40.0 Å². The van der Waals surface area contributed by atoms with Crippen LogP contribution in [0, 0.1) is 0 Å². The number of hydrogen-bond donors (Lipinski definition) is 2. The molecule has 164 valence electrons. The van der Waals surface area contributed by atoms with Gasteiger partial charge in [0.15, 0.2) is 0 Å². The Bertz CT molecular complexity index is 838. The second kappa shape index (κ2) is 13.0. The molecule has 1 heterocycles. The second-order valence-electron chi connectivity index (χ2n) is 6.18. The van der Waals surface area contributed by atoms with Gasteiger partial charge in [-0.2, -0.15) is 6.20 Å². The molecule has 0 aromatic heterocycles. The van der Waals surface area contributed by atoms with Crippen molar-refractivity contribution < 1.29 is 33.8 Å². The van der Waals surface area contributed by atoms with E-state index < -0.39 is 7.25 Å². The Kier molecular flexibility index (Phi) is 11.0. The summed E-state index contributed by atoms with van der Waals surface area (Å²) in [5.74, 6) is 0. The van der Waals surface area contributed by atoms with Gasteiger partial charge in [0.05, 0.1) is 11.4 Å². The SMILES string of the molecule is CC/C1=C/[N-]c2ccccc2NCCCNc2ccccc2N=C1.F[B-](F)(F)F.[Ni+2]. The first-order valence-electron chi connectivity index (χ1n) is 9.34. The standard InChI is InChI=1S/C20H23N4.BF4.Ni/c1-2-16-14-23-19-10-5-3-8-17(19)21-12-7-13-22-18-9-4-6-11-20(18)24-15-16;2-1(3,4)5;/h3-6,8-11,14-15,21-22H,2,7,12-13H2,1H3;;/q2*-1;+2/b16-14-,24-15?;;. The Balaban J connectivity index is 0.000000674. The minimum atomic E-state index is -6.00. The maximum absolute atomic E-state index is 9.75. The number of benzene rings is 2. The van der Waals surface area contributed by atoms with E-state index in [4.69, 9.17) is 0 Å². The topological polar surface area (TPSA) is 50.5 Å². The molecule has 0 radical (unpaired) electrons. The van der Waals surface area contributed by atoms with Crippen molar-refractivity contribution in [2.45, 2.75) is 19.8 Å². The predicted molar refractivity (Wildman–Crippen MR) is 114 cm³/mol. The third kappa shape index (κ3) is 9.83. The summed E-state index contributed by atoms with van der Waals surface area (Å²) < 4.78 is 39.0. The molecule has 3 rings (SSSR count). The Hall–Kier alpha value is -2.47. The van der Waals surface area contributed by atoms with Crippen LogP contribution in [0.1, 0.15) is 19.8 Å². The van der Waals surface area contributed by atoms with Crippen molar-refractivity contribution in [3.8, 4) is 0 Å². The average Bonchev–Trinajstić information content (AvgIpc) is 2.68. The molecular formula is C20H23BF4N4Ni. The molecule has 0 unspecified atom stereocenters. The van der Waals surface area contributed by atoms with E-state index in [1.807, 2.05) is 48.8 Å². The predicted octanol–water partition coefficient (Wildman–Crippen LogP) is 6.91. The molecule has 0 saturated heterocycles. The number of halogens is 4. The molecule has 0 amide bonds. The maximum Gasteiger partial charge on any atom is 2.00 e. The summed E-state index contributed by atoms with van der Waals surface area (Å²) >= 11 is 0. The van der Waals surface area contributed by atoms with Gasteiger partial charge in [-0.05, 0) is 31.0 Å². The van der Waals surface area contributed by atoms with Gasteiger partial charge in [0, 0.05) is 25.0 Å². The fraction of sp³-hybridized carbons (Fsp3) is 0.250. The van der Waals surface area contributed by atoms with Crippen LogP contribution in [-0.4, -0.2) is 26.6 Å². The van der Waals surface area contributed by atoms with E-state index in [0.717, 1.165) is 54.3 Å². The molecule has 2 N–H and O–H groups in total. The van der Waals surface area contributed by atoms with E-state index in [0.29, 0.717) is 0 Å². The molecule has 1 aliphatic heterocycles. The van der Waals surface area contributed by atoms with Crippen LogP contribution in [0.2, 0.25) is 0 Å². The van der Waals surface area contributed by atoms with Gasteiger partial charge in [-0.25, -0.2) is 0 Å². The number of nitrogens with zero attached hydrogens (tertiary/aromatic N) is 2. The van der Waals surface area contributed by atoms with Crippen LogP contribution in [0.5, 0.6) is 0 Å².